The first kappa shape index (κ1) is 26.4. The number of halogens is 2. The molecule has 4 rings (SSSR count). The van der Waals surface area contributed by atoms with E-state index in [0.717, 1.165) is 25.9 Å². The van der Waals surface area contributed by atoms with Gasteiger partial charge < -0.3 is 24.8 Å². The van der Waals surface area contributed by atoms with Crippen LogP contribution in [0.2, 0.25) is 13.1 Å². The number of fused-ring (bicyclic) bond motifs is 2. The molecule has 0 fully saturated rings. The number of hydrogen-bond acceptors (Lipinski definition) is 0. The predicted octanol–water partition coefficient (Wildman–Crippen LogP) is 0.135. The molecular weight excluding hydrogens is 468 g/mol. The maximum atomic E-state index is 3.19. The fourth-order valence-electron chi connectivity index (χ4n) is 1.85. The third-order valence-electron chi connectivity index (χ3n) is 2.76. The Morgan fingerprint density at radius 2 is 1.04 bits per heavy atom. The fraction of sp³-hybridized carbons (Fsp3) is 0.111. The zero-order valence-electron chi connectivity index (χ0n) is 13.5. The summed E-state index contributed by atoms with van der Waals surface area (Å²) in [5.74, 6) is 4.20. The second-order valence-electron chi connectivity index (χ2n) is 4.46. The molecular formula is C18H18Cl2P2SiZr. The smallest absolute Gasteiger partial charge is 1.00 e. The summed E-state index contributed by atoms with van der Waals surface area (Å²) >= 11 is 0. The number of rotatable bonds is 0. The van der Waals surface area contributed by atoms with E-state index in [-0.39, 0.29) is 51.0 Å². The summed E-state index contributed by atoms with van der Waals surface area (Å²) in [4.78, 5) is 0. The minimum Gasteiger partial charge on any atom is -1.00 e. The molecule has 0 aliphatic carbocycles. The predicted molar refractivity (Wildman–Crippen MR) is 102 cm³/mol. The van der Waals surface area contributed by atoms with E-state index < -0.39 is 0 Å². The van der Waals surface area contributed by atoms with Gasteiger partial charge in [-0.3, -0.25) is 0 Å². The van der Waals surface area contributed by atoms with Crippen molar-refractivity contribution in [2.45, 2.75) is 13.1 Å². The maximum absolute atomic E-state index is 3.19. The maximum Gasteiger partial charge on any atom is 4.00 e. The van der Waals surface area contributed by atoms with E-state index in [1.54, 1.807) is 0 Å². The number of benzene rings is 2. The van der Waals surface area contributed by atoms with Gasteiger partial charge in [-0.2, -0.15) is 35.0 Å². The van der Waals surface area contributed by atoms with Gasteiger partial charge >= 0.3 is 26.2 Å². The van der Waals surface area contributed by atoms with Gasteiger partial charge in [0.25, 0.3) is 0 Å². The van der Waals surface area contributed by atoms with Crippen LogP contribution in [0.4, 0.5) is 0 Å². The first-order chi connectivity index (χ1) is 10.3. The average Bonchev–Trinajstić information content (AvgIpc) is 3.17. The van der Waals surface area contributed by atoms with E-state index in [1.165, 1.54) is 21.0 Å². The van der Waals surface area contributed by atoms with Crippen LogP contribution in [0, 0.1) is 12.1 Å². The zero-order chi connectivity index (χ0) is 14.9. The normalized spacial score (nSPS) is 9.08. The Kier molecular flexibility index (Phi) is 17.0. The summed E-state index contributed by atoms with van der Waals surface area (Å²) < 4.78 is 0. The van der Waals surface area contributed by atoms with Crippen LogP contribution < -0.4 is 24.8 Å². The van der Waals surface area contributed by atoms with Crippen LogP contribution in [-0.4, -0.2) is 9.52 Å². The fourth-order valence-corrected chi connectivity index (χ4v) is 3.63. The molecule has 122 valence electrons. The molecule has 0 bridgehead atoms. The van der Waals surface area contributed by atoms with E-state index >= 15 is 0 Å². The molecule has 0 spiro atoms. The second-order valence-corrected chi connectivity index (χ2v) is 7.69. The minimum absolute atomic E-state index is 0. The summed E-state index contributed by atoms with van der Waals surface area (Å²) in [5, 5.41) is 5.40. The third kappa shape index (κ3) is 8.53. The van der Waals surface area contributed by atoms with Crippen molar-refractivity contribution in [3.05, 3.63) is 72.3 Å². The van der Waals surface area contributed by atoms with Gasteiger partial charge in [0.1, 0.15) is 0 Å². The number of hydrogen-bond donors (Lipinski definition) is 0. The molecule has 0 saturated heterocycles. The Labute approximate surface area is 182 Å². The van der Waals surface area contributed by atoms with Crippen LogP contribution in [0.1, 0.15) is 0 Å². The summed E-state index contributed by atoms with van der Waals surface area (Å²) in [6, 6.07) is 23.1. The summed E-state index contributed by atoms with van der Waals surface area (Å²) in [6.45, 7) is 4.31. The van der Waals surface area contributed by atoms with Crippen molar-refractivity contribution >= 4 is 46.9 Å². The van der Waals surface area contributed by atoms with Gasteiger partial charge in [-0.15, -0.1) is 46.1 Å². The van der Waals surface area contributed by atoms with Gasteiger partial charge in [-0.05, 0) is 0 Å². The van der Waals surface area contributed by atoms with Crippen LogP contribution in [-0.2, 0) is 26.2 Å². The Balaban J connectivity index is 0. The van der Waals surface area contributed by atoms with Crippen molar-refractivity contribution in [2.24, 2.45) is 0 Å². The zero-order valence-corrected chi connectivity index (χ0v) is 20.5. The molecule has 2 heterocycles. The van der Waals surface area contributed by atoms with E-state index in [2.05, 4.69) is 85.4 Å². The van der Waals surface area contributed by atoms with E-state index in [9.17, 15) is 0 Å². The van der Waals surface area contributed by atoms with Gasteiger partial charge in [-0.25, -0.2) is 16.4 Å². The van der Waals surface area contributed by atoms with Crippen molar-refractivity contribution < 1.29 is 51.0 Å². The van der Waals surface area contributed by atoms with Crippen LogP contribution in [0.25, 0.3) is 21.0 Å². The van der Waals surface area contributed by atoms with E-state index in [4.69, 9.17) is 0 Å². The standard InChI is InChI=1S/2C8H6P.C2H6Si.2ClH.Zr/c2*1-2-4-8-7(3-1)5-6-9-8;1-3-2;;;/h2*1-4,6,9H;1-2H3;2*1H;/q2*-1;;;;+4/p-2. The quantitative estimate of drug-likeness (QED) is 0.245. The molecule has 0 saturated carbocycles. The first-order valence-electron chi connectivity index (χ1n) is 6.81. The molecule has 2 unspecified atom stereocenters. The average molecular weight is 487 g/mol. The van der Waals surface area contributed by atoms with Gasteiger partial charge in [0, 0.05) is 9.52 Å². The Bertz CT molecular complexity index is 660. The molecule has 2 aromatic heterocycles. The summed E-state index contributed by atoms with van der Waals surface area (Å²) in [5.41, 5.74) is 0. The van der Waals surface area contributed by atoms with Crippen LogP contribution >= 0.6 is 16.4 Å². The topological polar surface area (TPSA) is 0 Å². The van der Waals surface area contributed by atoms with Crippen molar-refractivity contribution in [1.82, 2.24) is 0 Å². The van der Waals surface area contributed by atoms with Crippen molar-refractivity contribution in [2.75, 3.05) is 0 Å². The van der Waals surface area contributed by atoms with Crippen molar-refractivity contribution in [1.29, 1.82) is 0 Å². The third-order valence-corrected chi connectivity index (χ3v) is 4.84. The SMILES string of the molecule is C[Si]C.[Cl-].[Cl-].[Zr+4].[c-]1c[pH]c2ccccc12.[c-]1c[pH]c2ccccc12. The molecule has 6 heteroatoms. The summed E-state index contributed by atoms with van der Waals surface area (Å²) in [6.07, 6.45) is 0. The Morgan fingerprint density at radius 1 is 0.708 bits per heavy atom. The van der Waals surface area contributed by atoms with Gasteiger partial charge in [-0.1, -0.05) is 25.2 Å². The molecule has 0 nitrogen and oxygen atoms in total. The largest absolute Gasteiger partial charge is 4.00 e. The van der Waals surface area contributed by atoms with Crippen LogP contribution in [0.3, 0.4) is 0 Å². The van der Waals surface area contributed by atoms with Gasteiger partial charge in [0.15, 0.2) is 0 Å². The van der Waals surface area contributed by atoms with Crippen molar-refractivity contribution in [3.63, 3.8) is 0 Å². The molecule has 2 atom stereocenters. The minimum atomic E-state index is 0. The van der Waals surface area contributed by atoms with Gasteiger partial charge in [0.2, 0.25) is 0 Å². The van der Waals surface area contributed by atoms with Crippen LogP contribution in [0.5, 0.6) is 0 Å². The van der Waals surface area contributed by atoms with Gasteiger partial charge in [0.05, 0.1) is 0 Å². The molecule has 2 aromatic carbocycles. The molecule has 4 aromatic rings. The van der Waals surface area contributed by atoms with Crippen LogP contribution in [0.15, 0.2) is 60.1 Å². The molecule has 24 heavy (non-hydrogen) atoms. The molecule has 2 radical (unpaired) electrons. The van der Waals surface area contributed by atoms with E-state index in [0.29, 0.717) is 0 Å². The molecule has 0 N–H and O–H groups in total. The first-order valence-corrected chi connectivity index (χ1v) is 11.0. The Hall–Kier alpha value is 0.200. The monoisotopic (exact) mass is 484 g/mol. The molecule has 0 aliphatic rings. The van der Waals surface area contributed by atoms with E-state index in [1.807, 2.05) is 0 Å². The van der Waals surface area contributed by atoms with Crippen molar-refractivity contribution in [3.8, 4) is 0 Å². The Morgan fingerprint density at radius 3 is 1.38 bits per heavy atom. The molecule has 0 aliphatic heterocycles. The second kappa shape index (κ2) is 15.5. The summed E-state index contributed by atoms with van der Waals surface area (Å²) in [7, 11) is 2.77. The molecule has 0 amide bonds.